The number of nitrogens with zero attached hydrogens (tertiary/aromatic N) is 2. The number of halogens is 1. The summed E-state index contributed by atoms with van der Waals surface area (Å²) >= 11 is 3.37. The van der Waals surface area contributed by atoms with Crippen LogP contribution >= 0.6 is 15.9 Å². The molecule has 0 saturated heterocycles. The molecule has 94 valence electrons. The lowest BCUT2D eigenvalue weighted by atomic mass is 10.1. The van der Waals surface area contributed by atoms with Gasteiger partial charge in [-0.05, 0) is 34.5 Å². The van der Waals surface area contributed by atoms with E-state index in [-0.39, 0.29) is 5.78 Å². The first-order chi connectivity index (χ1) is 8.63. The molecule has 2 rings (SSSR count). The maximum Gasteiger partial charge on any atom is 0.212 e. The van der Waals surface area contributed by atoms with E-state index in [1.165, 1.54) is 0 Å². The number of carbonyl (C=O) groups is 1. The standard InChI is InChI=1S/C13H14BrN3O/c1-2-6-17-12(11(14)8-16-17)13(18)9-4-3-5-10(15)7-9/h3-5,7-8H,2,6,15H2,1H3. The van der Waals surface area contributed by atoms with Crippen LogP contribution in [0, 0.1) is 0 Å². The number of hydrogen-bond acceptors (Lipinski definition) is 3. The number of aromatic nitrogens is 2. The summed E-state index contributed by atoms with van der Waals surface area (Å²) in [5.41, 5.74) is 7.43. The second-order valence-corrected chi connectivity index (χ2v) is 4.87. The summed E-state index contributed by atoms with van der Waals surface area (Å²) in [6, 6.07) is 6.97. The van der Waals surface area contributed by atoms with E-state index in [1.807, 2.05) is 6.92 Å². The summed E-state index contributed by atoms with van der Waals surface area (Å²) in [6.45, 7) is 2.76. The average molecular weight is 308 g/mol. The van der Waals surface area contributed by atoms with Gasteiger partial charge in [-0.1, -0.05) is 19.1 Å². The second-order valence-electron chi connectivity index (χ2n) is 4.02. The fourth-order valence-corrected chi connectivity index (χ4v) is 2.26. The summed E-state index contributed by atoms with van der Waals surface area (Å²) in [4.78, 5) is 12.4. The number of hydrogen-bond donors (Lipinski definition) is 1. The van der Waals surface area contributed by atoms with Crippen molar-refractivity contribution in [2.45, 2.75) is 19.9 Å². The Morgan fingerprint density at radius 2 is 2.28 bits per heavy atom. The molecule has 0 aliphatic rings. The Hall–Kier alpha value is -1.62. The normalized spacial score (nSPS) is 10.6. The van der Waals surface area contributed by atoms with Crippen molar-refractivity contribution in [2.75, 3.05) is 5.73 Å². The van der Waals surface area contributed by atoms with E-state index in [0.717, 1.165) is 13.0 Å². The molecule has 0 spiro atoms. The first-order valence-corrected chi connectivity index (χ1v) is 6.54. The number of benzene rings is 1. The molecule has 0 radical (unpaired) electrons. The van der Waals surface area contributed by atoms with Crippen LogP contribution < -0.4 is 5.73 Å². The highest BCUT2D eigenvalue weighted by atomic mass is 79.9. The second kappa shape index (κ2) is 5.35. The van der Waals surface area contributed by atoms with E-state index >= 15 is 0 Å². The van der Waals surface area contributed by atoms with Crippen LogP contribution in [-0.2, 0) is 6.54 Å². The summed E-state index contributed by atoms with van der Waals surface area (Å²) in [7, 11) is 0. The minimum atomic E-state index is -0.0693. The topological polar surface area (TPSA) is 60.9 Å². The van der Waals surface area contributed by atoms with Crippen LogP contribution in [0.4, 0.5) is 5.69 Å². The van der Waals surface area contributed by atoms with Gasteiger partial charge in [0.05, 0.1) is 10.7 Å². The van der Waals surface area contributed by atoms with Gasteiger partial charge in [-0.15, -0.1) is 0 Å². The van der Waals surface area contributed by atoms with Gasteiger partial charge in [-0.25, -0.2) is 0 Å². The van der Waals surface area contributed by atoms with Gasteiger partial charge in [-0.3, -0.25) is 9.48 Å². The summed E-state index contributed by atoms with van der Waals surface area (Å²) < 4.78 is 2.43. The van der Waals surface area contributed by atoms with E-state index in [9.17, 15) is 4.79 Å². The lowest BCUT2D eigenvalue weighted by Gasteiger charge is -2.06. The van der Waals surface area contributed by atoms with Gasteiger partial charge in [0, 0.05) is 17.8 Å². The Morgan fingerprint density at radius 3 is 2.94 bits per heavy atom. The van der Waals surface area contributed by atoms with Gasteiger partial charge < -0.3 is 5.73 Å². The van der Waals surface area contributed by atoms with Crippen LogP contribution in [0.1, 0.15) is 29.4 Å². The van der Waals surface area contributed by atoms with Gasteiger partial charge in [0.2, 0.25) is 5.78 Å². The Morgan fingerprint density at radius 1 is 1.50 bits per heavy atom. The molecule has 2 aromatic rings. The molecular weight excluding hydrogens is 294 g/mol. The highest BCUT2D eigenvalue weighted by molar-refractivity contribution is 9.10. The molecule has 1 aromatic heterocycles. The fourth-order valence-electron chi connectivity index (χ4n) is 1.79. The largest absolute Gasteiger partial charge is 0.399 e. The van der Waals surface area contributed by atoms with Crippen molar-refractivity contribution in [3.05, 3.63) is 46.2 Å². The molecule has 0 aliphatic carbocycles. The van der Waals surface area contributed by atoms with E-state index in [4.69, 9.17) is 5.73 Å². The number of carbonyl (C=O) groups excluding carboxylic acids is 1. The summed E-state index contributed by atoms with van der Waals surface area (Å²) in [6.07, 6.45) is 2.57. The minimum Gasteiger partial charge on any atom is -0.399 e. The van der Waals surface area contributed by atoms with Crippen LogP contribution in [0.15, 0.2) is 34.9 Å². The Labute approximate surface area is 114 Å². The molecule has 18 heavy (non-hydrogen) atoms. The van der Waals surface area contributed by atoms with Crippen molar-refractivity contribution >= 4 is 27.4 Å². The first kappa shape index (κ1) is 12.8. The minimum absolute atomic E-state index is 0.0693. The van der Waals surface area contributed by atoms with Crippen molar-refractivity contribution in [1.82, 2.24) is 9.78 Å². The summed E-state index contributed by atoms with van der Waals surface area (Å²) in [5, 5.41) is 4.19. The molecule has 1 aromatic carbocycles. The van der Waals surface area contributed by atoms with Gasteiger partial charge in [0.15, 0.2) is 0 Å². The number of nitrogen functional groups attached to an aromatic ring is 1. The zero-order valence-corrected chi connectivity index (χ0v) is 11.6. The Kier molecular flexibility index (Phi) is 3.81. The molecule has 0 amide bonds. The van der Waals surface area contributed by atoms with Gasteiger partial charge in [-0.2, -0.15) is 5.10 Å². The first-order valence-electron chi connectivity index (χ1n) is 5.75. The zero-order valence-electron chi connectivity index (χ0n) is 10.1. The van der Waals surface area contributed by atoms with Crippen LogP contribution in [-0.4, -0.2) is 15.6 Å². The SMILES string of the molecule is CCCn1ncc(Br)c1C(=O)c1cccc(N)c1. The number of anilines is 1. The predicted molar refractivity (Wildman–Crippen MR) is 74.5 cm³/mol. The van der Waals surface area contributed by atoms with Crippen molar-refractivity contribution in [3.8, 4) is 0 Å². The molecule has 0 bridgehead atoms. The van der Waals surface area contributed by atoms with E-state index in [2.05, 4.69) is 21.0 Å². The van der Waals surface area contributed by atoms with Crippen molar-refractivity contribution in [2.24, 2.45) is 0 Å². The number of aryl methyl sites for hydroxylation is 1. The van der Waals surface area contributed by atoms with Gasteiger partial charge in [0.1, 0.15) is 5.69 Å². The fraction of sp³-hybridized carbons (Fsp3) is 0.231. The monoisotopic (exact) mass is 307 g/mol. The molecule has 0 atom stereocenters. The Balaban J connectivity index is 2.42. The molecule has 4 nitrogen and oxygen atoms in total. The molecule has 0 unspecified atom stereocenters. The van der Waals surface area contributed by atoms with Crippen molar-refractivity contribution in [3.63, 3.8) is 0 Å². The third kappa shape index (κ3) is 2.46. The van der Waals surface area contributed by atoms with E-state index in [0.29, 0.717) is 21.4 Å². The van der Waals surface area contributed by atoms with Crippen molar-refractivity contribution < 1.29 is 4.79 Å². The molecule has 1 heterocycles. The van der Waals surface area contributed by atoms with Crippen molar-refractivity contribution in [1.29, 1.82) is 0 Å². The van der Waals surface area contributed by atoms with E-state index in [1.54, 1.807) is 35.1 Å². The smallest absolute Gasteiger partial charge is 0.212 e. The third-order valence-corrected chi connectivity index (χ3v) is 3.17. The maximum atomic E-state index is 12.4. The number of rotatable bonds is 4. The predicted octanol–water partition coefficient (Wildman–Crippen LogP) is 2.87. The molecule has 0 saturated carbocycles. The highest BCUT2D eigenvalue weighted by Gasteiger charge is 2.18. The average Bonchev–Trinajstić information content (AvgIpc) is 2.70. The van der Waals surface area contributed by atoms with Crippen LogP contribution in [0.2, 0.25) is 0 Å². The Bertz CT molecular complexity index is 577. The molecule has 0 aliphatic heterocycles. The third-order valence-electron chi connectivity index (χ3n) is 2.59. The van der Waals surface area contributed by atoms with Crippen LogP contribution in [0.3, 0.4) is 0 Å². The molecule has 5 heteroatoms. The zero-order chi connectivity index (χ0) is 13.1. The quantitative estimate of drug-likeness (QED) is 0.698. The highest BCUT2D eigenvalue weighted by Crippen LogP contribution is 2.21. The number of nitrogens with two attached hydrogens (primary N) is 1. The van der Waals surface area contributed by atoms with E-state index < -0.39 is 0 Å². The molecule has 0 fully saturated rings. The summed E-state index contributed by atoms with van der Waals surface area (Å²) in [5.74, 6) is -0.0693. The number of ketones is 1. The van der Waals surface area contributed by atoms with Crippen LogP contribution in [0.25, 0.3) is 0 Å². The molecule has 2 N–H and O–H groups in total. The van der Waals surface area contributed by atoms with Crippen LogP contribution in [0.5, 0.6) is 0 Å². The maximum absolute atomic E-state index is 12.4. The molecular formula is C13H14BrN3O. The lowest BCUT2D eigenvalue weighted by Crippen LogP contribution is -2.12. The van der Waals surface area contributed by atoms with Gasteiger partial charge >= 0.3 is 0 Å². The van der Waals surface area contributed by atoms with Gasteiger partial charge in [0.25, 0.3) is 0 Å². The lowest BCUT2D eigenvalue weighted by molar-refractivity contribution is 0.102.